The second kappa shape index (κ2) is 8.88. The molecule has 8 nitrogen and oxygen atoms in total. The van der Waals surface area contributed by atoms with Crippen LogP contribution in [-0.2, 0) is 16.6 Å². The van der Waals surface area contributed by atoms with Gasteiger partial charge < -0.3 is 4.74 Å². The number of hydrogen-bond donors (Lipinski definition) is 1. The Kier molecular flexibility index (Phi) is 5.76. The van der Waals surface area contributed by atoms with E-state index in [0.717, 1.165) is 28.8 Å². The van der Waals surface area contributed by atoms with Gasteiger partial charge in [-0.3, -0.25) is 9.40 Å². The summed E-state index contributed by atoms with van der Waals surface area (Å²) in [7, 11) is -3.87. The molecule has 0 spiro atoms. The molecule has 0 aliphatic carbocycles. The van der Waals surface area contributed by atoms with Gasteiger partial charge in [-0.05, 0) is 55.8 Å². The predicted molar refractivity (Wildman–Crippen MR) is 132 cm³/mol. The molecule has 5 rings (SSSR count). The fourth-order valence-electron chi connectivity index (χ4n) is 3.69. The number of ether oxygens (including phenoxy) is 1. The van der Waals surface area contributed by atoms with E-state index in [1.54, 1.807) is 23.7 Å². The summed E-state index contributed by atoms with van der Waals surface area (Å²) in [5.41, 5.74) is 3.64. The van der Waals surface area contributed by atoms with Crippen molar-refractivity contribution in [1.29, 1.82) is 0 Å². The first kappa shape index (κ1) is 22.1. The third kappa shape index (κ3) is 4.37. The summed E-state index contributed by atoms with van der Waals surface area (Å²) in [6, 6.07) is 22.2. The van der Waals surface area contributed by atoms with Crippen LogP contribution in [0.1, 0.15) is 17.0 Å². The lowest BCUT2D eigenvalue weighted by atomic mass is 10.2. The first-order valence-electron chi connectivity index (χ1n) is 10.5. The third-order valence-corrected chi connectivity index (χ3v) is 7.29. The Morgan fingerprint density at radius 3 is 2.53 bits per heavy atom. The Balaban J connectivity index is 1.40. The number of benzene rings is 3. The SMILES string of the molecule is Cc1nn(Cc2cccc(Oc3ccccc3)c2)c(C)c1NS(=O)(=O)c1cccc2nsnc12. The normalized spacial score (nSPS) is 11.6. The van der Waals surface area contributed by atoms with Gasteiger partial charge in [0.05, 0.1) is 35.3 Å². The van der Waals surface area contributed by atoms with Gasteiger partial charge in [0.1, 0.15) is 27.4 Å². The lowest BCUT2D eigenvalue weighted by molar-refractivity contribution is 0.481. The van der Waals surface area contributed by atoms with Crippen molar-refractivity contribution < 1.29 is 13.2 Å². The maximum Gasteiger partial charge on any atom is 0.264 e. The van der Waals surface area contributed by atoms with Gasteiger partial charge in [-0.25, -0.2) is 8.42 Å². The molecule has 0 aliphatic heterocycles. The number of rotatable bonds is 7. The fraction of sp³-hybridized carbons (Fsp3) is 0.125. The van der Waals surface area contributed by atoms with Crippen LogP contribution in [0.4, 0.5) is 5.69 Å². The molecule has 3 aromatic carbocycles. The average Bonchev–Trinajstić information content (AvgIpc) is 3.40. The van der Waals surface area contributed by atoms with Crippen LogP contribution in [0, 0.1) is 13.8 Å². The Morgan fingerprint density at radius 2 is 1.71 bits per heavy atom. The summed E-state index contributed by atoms with van der Waals surface area (Å²) in [6.07, 6.45) is 0. The van der Waals surface area contributed by atoms with Crippen LogP contribution < -0.4 is 9.46 Å². The molecule has 172 valence electrons. The van der Waals surface area contributed by atoms with E-state index in [-0.39, 0.29) is 4.90 Å². The minimum atomic E-state index is -3.87. The number of nitrogens with zero attached hydrogens (tertiary/aromatic N) is 4. The highest BCUT2D eigenvalue weighted by Crippen LogP contribution is 2.28. The summed E-state index contributed by atoms with van der Waals surface area (Å²) >= 11 is 0.984. The lowest BCUT2D eigenvalue weighted by Crippen LogP contribution is -2.15. The number of anilines is 1. The largest absolute Gasteiger partial charge is 0.457 e. The number of fused-ring (bicyclic) bond motifs is 1. The Labute approximate surface area is 201 Å². The van der Waals surface area contributed by atoms with Crippen molar-refractivity contribution >= 4 is 38.5 Å². The number of aromatic nitrogens is 4. The molecule has 0 unspecified atom stereocenters. The molecule has 0 fully saturated rings. The highest BCUT2D eigenvalue weighted by molar-refractivity contribution is 7.93. The first-order valence-corrected chi connectivity index (χ1v) is 12.7. The molecule has 5 aromatic rings. The molecular weight excluding hydrogens is 470 g/mol. The topological polar surface area (TPSA) is 99.0 Å². The highest BCUT2D eigenvalue weighted by Gasteiger charge is 2.23. The lowest BCUT2D eigenvalue weighted by Gasteiger charge is -2.10. The quantitative estimate of drug-likeness (QED) is 0.338. The van der Waals surface area contributed by atoms with Crippen LogP contribution in [0.3, 0.4) is 0 Å². The van der Waals surface area contributed by atoms with Crippen LogP contribution in [-0.4, -0.2) is 26.9 Å². The fourth-order valence-corrected chi connectivity index (χ4v) is 5.64. The van der Waals surface area contributed by atoms with E-state index in [0.29, 0.717) is 34.7 Å². The van der Waals surface area contributed by atoms with Gasteiger partial charge in [0, 0.05) is 0 Å². The van der Waals surface area contributed by atoms with E-state index in [9.17, 15) is 8.42 Å². The molecule has 34 heavy (non-hydrogen) atoms. The van der Waals surface area contributed by atoms with Crippen molar-refractivity contribution in [2.24, 2.45) is 0 Å². The van der Waals surface area contributed by atoms with Crippen LogP contribution in [0.25, 0.3) is 11.0 Å². The molecule has 0 aliphatic rings. The maximum absolute atomic E-state index is 13.2. The summed E-state index contributed by atoms with van der Waals surface area (Å²) in [4.78, 5) is 0.0936. The van der Waals surface area contributed by atoms with Crippen LogP contribution >= 0.6 is 11.7 Å². The van der Waals surface area contributed by atoms with Crippen molar-refractivity contribution in [2.75, 3.05) is 4.72 Å². The summed E-state index contributed by atoms with van der Waals surface area (Å²) in [6.45, 7) is 4.08. The van der Waals surface area contributed by atoms with Gasteiger partial charge in [0.15, 0.2) is 0 Å². The molecule has 1 N–H and O–H groups in total. The summed E-state index contributed by atoms with van der Waals surface area (Å²) in [5.74, 6) is 1.48. The molecular formula is C24H21N5O3S2. The minimum Gasteiger partial charge on any atom is -0.457 e. The number of sulfonamides is 1. The zero-order valence-electron chi connectivity index (χ0n) is 18.5. The van der Waals surface area contributed by atoms with Crippen LogP contribution in [0.15, 0.2) is 77.7 Å². The Morgan fingerprint density at radius 1 is 0.941 bits per heavy atom. The van der Waals surface area contributed by atoms with Gasteiger partial charge in [-0.1, -0.05) is 36.4 Å². The van der Waals surface area contributed by atoms with Crippen molar-refractivity contribution in [3.8, 4) is 11.5 Å². The van der Waals surface area contributed by atoms with Gasteiger partial charge in [-0.2, -0.15) is 13.8 Å². The number of aryl methyl sites for hydroxylation is 1. The van der Waals surface area contributed by atoms with E-state index >= 15 is 0 Å². The zero-order chi connectivity index (χ0) is 23.7. The van der Waals surface area contributed by atoms with E-state index in [1.165, 1.54) is 6.07 Å². The second-order valence-corrected chi connectivity index (χ2v) is 9.94. The third-order valence-electron chi connectivity index (χ3n) is 5.37. The molecule has 2 aromatic heterocycles. The van der Waals surface area contributed by atoms with Crippen molar-refractivity contribution in [3.05, 3.63) is 89.7 Å². The van der Waals surface area contributed by atoms with E-state index < -0.39 is 10.0 Å². The number of hydrogen-bond acceptors (Lipinski definition) is 7. The maximum atomic E-state index is 13.2. The standard InChI is InChI=1S/C24H21N5O3S2/c1-16-23(28-34(30,31)22-13-7-12-21-24(22)27-33-26-21)17(2)29(25-16)15-18-8-6-11-20(14-18)32-19-9-4-3-5-10-19/h3-14,28H,15H2,1-2H3. The van der Waals surface area contributed by atoms with Crippen LogP contribution in [0.2, 0.25) is 0 Å². The van der Waals surface area contributed by atoms with Crippen molar-refractivity contribution in [2.45, 2.75) is 25.3 Å². The number of nitrogens with one attached hydrogen (secondary N) is 1. The molecule has 2 heterocycles. The Bertz CT molecular complexity index is 1580. The van der Waals surface area contributed by atoms with E-state index in [4.69, 9.17) is 4.74 Å². The molecule has 10 heteroatoms. The molecule has 0 saturated carbocycles. The van der Waals surface area contributed by atoms with Crippen LogP contribution in [0.5, 0.6) is 11.5 Å². The van der Waals surface area contributed by atoms with Gasteiger partial charge in [0.2, 0.25) is 0 Å². The van der Waals surface area contributed by atoms with Crippen molar-refractivity contribution in [1.82, 2.24) is 18.5 Å². The predicted octanol–water partition coefficient (Wildman–Crippen LogP) is 5.15. The van der Waals surface area contributed by atoms with Gasteiger partial charge in [0.25, 0.3) is 10.0 Å². The summed E-state index contributed by atoms with van der Waals surface area (Å²) < 4.78 is 45.0. The average molecular weight is 492 g/mol. The van der Waals surface area contributed by atoms with Gasteiger partial charge in [-0.15, -0.1) is 0 Å². The zero-order valence-corrected chi connectivity index (χ0v) is 20.1. The molecule has 0 radical (unpaired) electrons. The van der Waals surface area contributed by atoms with E-state index in [2.05, 4.69) is 18.6 Å². The molecule has 0 atom stereocenters. The van der Waals surface area contributed by atoms with Crippen molar-refractivity contribution in [3.63, 3.8) is 0 Å². The summed E-state index contributed by atoms with van der Waals surface area (Å²) in [5, 5.41) is 4.57. The minimum absolute atomic E-state index is 0.0936. The smallest absolute Gasteiger partial charge is 0.264 e. The molecule has 0 saturated heterocycles. The van der Waals surface area contributed by atoms with E-state index in [1.807, 2.05) is 61.5 Å². The first-order chi connectivity index (χ1) is 16.4. The molecule has 0 bridgehead atoms. The highest BCUT2D eigenvalue weighted by atomic mass is 32.2. The second-order valence-electron chi connectivity index (χ2n) is 7.76. The number of para-hydroxylation sites is 1. The monoisotopic (exact) mass is 491 g/mol. The molecule has 0 amide bonds. The Hall–Kier alpha value is -3.76. The van der Waals surface area contributed by atoms with Gasteiger partial charge >= 0.3 is 0 Å².